The molecule has 2 heterocycles. The molecule has 0 saturated heterocycles. The molecule has 0 atom stereocenters. The van der Waals surface area contributed by atoms with Crippen LogP contribution < -0.4 is 4.90 Å². The molecule has 0 bridgehead atoms. The highest BCUT2D eigenvalue weighted by Gasteiger charge is 2.29. The first kappa shape index (κ1) is 22.8. The number of hydrogen-bond acceptors (Lipinski definition) is 7. The first-order chi connectivity index (χ1) is 15.8. The normalized spacial score (nSPS) is 13.7. The van der Waals surface area contributed by atoms with Gasteiger partial charge in [0.05, 0.1) is 15.5 Å². The quantitative estimate of drug-likeness (QED) is 0.385. The zero-order valence-electron chi connectivity index (χ0n) is 18.5. The third-order valence-electron chi connectivity index (χ3n) is 5.79. The lowest BCUT2D eigenvalue weighted by Crippen LogP contribution is -2.32. The zero-order chi connectivity index (χ0) is 23.6. The minimum absolute atomic E-state index is 0.0742. The second-order valence-electron chi connectivity index (χ2n) is 7.70. The fraction of sp³-hybridized carbons (Fsp3) is 0.304. The molecular weight excluding hydrogens is 442 g/mol. The van der Waals surface area contributed by atoms with Crippen LogP contribution in [0.1, 0.15) is 25.1 Å². The summed E-state index contributed by atoms with van der Waals surface area (Å²) in [6.45, 7) is 5.00. The smallest absolute Gasteiger partial charge is 0.293 e. The minimum Gasteiger partial charge on any atom is -0.361 e. The van der Waals surface area contributed by atoms with Crippen molar-refractivity contribution in [3.8, 4) is 11.4 Å². The van der Waals surface area contributed by atoms with Gasteiger partial charge in [-0.05, 0) is 12.1 Å². The molecule has 0 amide bonds. The topological polar surface area (TPSA) is 110 Å². The van der Waals surface area contributed by atoms with Crippen molar-refractivity contribution in [3.63, 3.8) is 0 Å². The Balaban J connectivity index is 1.65. The van der Waals surface area contributed by atoms with Crippen LogP contribution in [-0.4, -0.2) is 47.2 Å². The number of anilines is 1. The van der Waals surface area contributed by atoms with Crippen molar-refractivity contribution in [1.82, 2.24) is 14.3 Å². The number of rotatable bonds is 7. The van der Waals surface area contributed by atoms with Gasteiger partial charge in [-0.2, -0.15) is 4.31 Å². The van der Waals surface area contributed by atoms with E-state index < -0.39 is 14.9 Å². The number of nitro groups is 1. The predicted octanol–water partition coefficient (Wildman–Crippen LogP) is 3.65. The lowest BCUT2D eigenvalue weighted by Gasteiger charge is -2.30. The van der Waals surface area contributed by atoms with Crippen LogP contribution in [0.25, 0.3) is 11.4 Å². The highest BCUT2D eigenvalue weighted by molar-refractivity contribution is 7.89. The van der Waals surface area contributed by atoms with Gasteiger partial charge in [0.25, 0.3) is 5.69 Å². The summed E-state index contributed by atoms with van der Waals surface area (Å²) in [5.41, 5.74) is 2.91. The molecule has 10 heteroatoms. The van der Waals surface area contributed by atoms with Crippen molar-refractivity contribution in [2.24, 2.45) is 0 Å². The summed E-state index contributed by atoms with van der Waals surface area (Å²) in [6, 6.07) is 13.8. The number of fused-ring (bicyclic) bond motifs is 1. The van der Waals surface area contributed by atoms with Gasteiger partial charge in [0, 0.05) is 56.0 Å². The Kier molecular flexibility index (Phi) is 6.39. The highest BCUT2D eigenvalue weighted by atomic mass is 32.2. The second-order valence-corrected chi connectivity index (χ2v) is 9.64. The van der Waals surface area contributed by atoms with E-state index in [1.165, 1.54) is 16.4 Å². The molecule has 1 aromatic heterocycles. The first-order valence-corrected chi connectivity index (χ1v) is 12.2. The number of sulfonamides is 1. The second kappa shape index (κ2) is 9.24. The Labute approximate surface area is 192 Å². The first-order valence-electron chi connectivity index (χ1n) is 10.8. The molecule has 0 fully saturated rings. The van der Waals surface area contributed by atoms with Crippen molar-refractivity contribution in [2.75, 3.05) is 24.5 Å². The zero-order valence-corrected chi connectivity index (χ0v) is 19.3. The maximum absolute atomic E-state index is 12.8. The van der Waals surface area contributed by atoms with Crippen LogP contribution in [0.15, 0.2) is 59.6 Å². The molecule has 0 unspecified atom stereocenters. The number of benzene rings is 2. The molecule has 0 N–H and O–H groups in total. The van der Waals surface area contributed by atoms with Crippen molar-refractivity contribution in [3.05, 3.63) is 76.1 Å². The summed E-state index contributed by atoms with van der Waals surface area (Å²) in [7, 11) is -3.79. The molecule has 0 radical (unpaired) electrons. The maximum atomic E-state index is 12.8. The molecule has 0 saturated carbocycles. The van der Waals surface area contributed by atoms with Gasteiger partial charge in [-0.1, -0.05) is 44.2 Å². The van der Waals surface area contributed by atoms with Crippen LogP contribution in [0, 0.1) is 10.1 Å². The molecule has 4 rings (SSSR count). The van der Waals surface area contributed by atoms with E-state index in [1.807, 2.05) is 35.2 Å². The Bertz CT molecular complexity index is 1280. The minimum atomic E-state index is -3.79. The maximum Gasteiger partial charge on any atom is 0.293 e. The Hall–Kier alpha value is -3.37. The standard InChI is InChI=1S/C23H25N5O4S/c1-3-27(4-2)33(31,32)19-10-11-21(22(14-19)28(29)30)26-13-12-20-18(16-26)15-24-23(25-20)17-8-6-5-7-9-17/h5-11,14-15H,3-4,12-13,16H2,1-2H3. The van der Waals surface area contributed by atoms with E-state index in [-0.39, 0.29) is 10.6 Å². The van der Waals surface area contributed by atoms with Gasteiger partial charge >= 0.3 is 0 Å². The van der Waals surface area contributed by atoms with E-state index >= 15 is 0 Å². The van der Waals surface area contributed by atoms with Crippen LogP contribution in [0.4, 0.5) is 11.4 Å². The van der Waals surface area contributed by atoms with Crippen LogP contribution in [0.3, 0.4) is 0 Å². The molecule has 172 valence electrons. The van der Waals surface area contributed by atoms with Crippen LogP contribution >= 0.6 is 0 Å². The molecule has 1 aliphatic rings. The molecule has 9 nitrogen and oxygen atoms in total. The largest absolute Gasteiger partial charge is 0.361 e. The molecule has 33 heavy (non-hydrogen) atoms. The fourth-order valence-corrected chi connectivity index (χ4v) is 5.52. The number of hydrogen-bond donors (Lipinski definition) is 0. The number of nitro benzene ring substituents is 1. The van der Waals surface area contributed by atoms with Gasteiger partial charge in [0.15, 0.2) is 5.82 Å². The average Bonchev–Trinajstić information content (AvgIpc) is 2.84. The van der Waals surface area contributed by atoms with Crippen LogP contribution in [0.5, 0.6) is 0 Å². The van der Waals surface area contributed by atoms with Crippen molar-refractivity contribution in [2.45, 2.75) is 31.7 Å². The third kappa shape index (κ3) is 4.44. The predicted molar refractivity (Wildman–Crippen MR) is 125 cm³/mol. The van der Waals surface area contributed by atoms with E-state index in [0.29, 0.717) is 44.1 Å². The lowest BCUT2D eigenvalue weighted by atomic mass is 10.1. The van der Waals surface area contributed by atoms with E-state index in [9.17, 15) is 18.5 Å². The SMILES string of the molecule is CCN(CC)S(=O)(=O)c1ccc(N2CCc3nc(-c4ccccc4)ncc3C2)c([N+](=O)[O-])c1. The van der Waals surface area contributed by atoms with Crippen LogP contribution in [-0.2, 0) is 23.0 Å². The summed E-state index contributed by atoms with van der Waals surface area (Å²) in [4.78, 5) is 22.3. The number of aromatic nitrogens is 2. The molecular formula is C23H25N5O4S. The molecule has 0 spiro atoms. The van der Waals surface area contributed by atoms with Gasteiger partial charge < -0.3 is 4.90 Å². The summed E-state index contributed by atoms with van der Waals surface area (Å²) in [5.74, 6) is 0.653. The number of nitrogens with zero attached hydrogens (tertiary/aromatic N) is 5. The summed E-state index contributed by atoms with van der Waals surface area (Å²) in [5, 5.41) is 11.8. The van der Waals surface area contributed by atoms with Crippen LogP contribution in [0.2, 0.25) is 0 Å². The Morgan fingerprint density at radius 1 is 1.12 bits per heavy atom. The lowest BCUT2D eigenvalue weighted by molar-refractivity contribution is -0.384. The van der Waals surface area contributed by atoms with Crippen molar-refractivity contribution >= 4 is 21.4 Å². The van der Waals surface area contributed by atoms with Crippen molar-refractivity contribution in [1.29, 1.82) is 0 Å². The summed E-state index contributed by atoms with van der Waals surface area (Å²) < 4.78 is 27.0. The molecule has 0 aliphatic carbocycles. The van der Waals surface area contributed by atoms with E-state index in [0.717, 1.165) is 22.9 Å². The monoisotopic (exact) mass is 467 g/mol. The Morgan fingerprint density at radius 2 is 1.85 bits per heavy atom. The molecule has 1 aliphatic heterocycles. The molecule has 3 aromatic rings. The summed E-state index contributed by atoms with van der Waals surface area (Å²) >= 11 is 0. The van der Waals surface area contributed by atoms with Gasteiger partial charge in [-0.3, -0.25) is 10.1 Å². The van der Waals surface area contributed by atoms with Gasteiger partial charge in [0.1, 0.15) is 5.69 Å². The van der Waals surface area contributed by atoms with E-state index in [4.69, 9.17) is 4.98 Å². The van der Waals surface area contributed by atoms with E-state index in [2.05, 4.69) is 4.98 Å². The highest BCUT2D eigenvalue weighted by Crippen LogP contribution is 2.34. The Morgan fingerprint density at radius 3 is 2.52 bits per heavy atom. The van der Waals surface area contributed by atoms with Gasteiger partial charge in [-0.25, -0.2) is 18.4 Å². The van der Waals surface area contributed by atoms with E-state index in [1.54, 1.807) is 20.0 Å². The van der Waals surface area contributed by atoms with Crippen molar-refractivity contribution < 1.29 is 13.3 Å². The van der Waals surface area contributed by atoms with Gasteiger partial charge in [0.2, 0.25) is 10.0 Å². The third-order valence-corrected chi connectivity index (χ3v) is 7.84. The fourth-order valence-electron chi connectivity index (χ4n) is 4.04. The van der Waals surface area contributed by atoms with Gasteiger partial charge in [-0.15, -0.1) is 0 Å². The summed E-state index contributed by atoms with van der Waals surface area (Å²) in [6.07, 6.45) is 2.37. The average molecular weight is 468 g/mol. The molecule has 2 aromatic carbocycles.